The smallest absolute Gasteiger partial charge is 0.417 e. The highest BCUT2D eigenvalue weighted by molar-refractivity contribution is 5.90. The first kappa shape index (κ1) is 18.5. The molecule has 2 N–H and O–H groups in total. The number of fused-ring (bicyclic) bond motifs is 1. The van der Waals surface area contributed by atoms with Gasteiger partial charge in [0, 0.05) is 18.0 Å². The third kappa shape index (κ3) is 4.11. The molecule has 1 aromatic heterocycles. The molecule has 0 aliphatic heterocycles. The van der Waals surface area contributed by atoms with Crippen LogP contribution in [0, 0.1) is 0 Å². The molecular formula is C19H16F3N3O2. The Labute approximate surface area is 153 Å². The first-order valence-electron chi connectivity index (χ1n) is 7.97. The van der Waals surface area contributed by atoms with E-state index in [0.29, 0.717) is 17.1 Å². The van der Waals surface area contributed by atoms with Gasteiger partial charge in [-0.2, -0.15) is 13.2 Å². The number of anilines is 3. The molecule has 0 saturated carbocycles. The number of halogens is 3. The molecule has 3 aromatic rings. The lowest BCUT2D eigenvalue weighted by Gasteiger charge is -2.16. The second-order valence-corrected chi connectivity index (χ2v) is 5.79. The number of benzene rings is 2. The predicted molar refractivity (Wildman–Crippen MR) is 97.3 cm³/mol. The maximum Gasteiger partial charge on any atom is 0.417 e. The molecule has 5 nitrogen and oxygen atoms in total. The van der Waals surface area contributed by atoms with Crippen molar-refractivity contribution in [3.05, 3.63) is 54.1 Å². The fourth-order valence-electron chi connectivity index (χ4n) is 2.70. The molecule has 0 bridgehead atoms. The Kier molecular flexibility index (Phi) is 4.89. The number of aromatic nitrogens is 1. The number of methoxy groups -OCH3 is 1. The monoisotopic (exact) mass is 375 g/mol. The molecule has 0 spiro atoms. The summed E-state index contributed by atoms with van der Waals surface area (Å²) >= 11 is 0. The molecule has 1 amide bonds. The Morgan fingerprint density at radius 2 is 1.85 bits per heavy atom. The van der Waals surface area contributed by atoms with Crippen molar-refractivity contribution < 1.29 is 22.7 Å². The quantitative estimate of drug-likeness (QED) is 0.676. The van der Waals surface area contributed by atoms with Gasteiger partial charge in [0.15, 0.2) is 0 Å². The van der Waals surface area contributed by atoms with Crippen LogP contribution in [0.1, 0.15) is 12.5 Å². The van der Waals surface area contributed by atoms with E-state index in [2.05, 4.69) is 15.6 Å². The summed E-state index contributed by atoms with van der Waals surface area (Å²) in [6.45, 7) is 1.36. The summed E-state index contributed by atoms with van der Waals surface area (Å²) in [5.41, 5.74) is 0.279. The molecule has 0 atom stereocenters. The van der Waals surface area contributed by atoms with E-state index in [0.717, 1.165) is 6.07 Å². The van der Waals surface area contributed by atoms with Crippen LogP contribution in [0.4, 0.5) is 30.4 Å². The van der Waals surface area contributed by atoms with Crippen molar-refractivity contribution in [2.45, 2.75) is 13.1 Å². The van der Waals surface area contributed by atoms with Crippen molar-refractivity contribution >= 4 is 34.0 Å². The highest BCUT2D eigenvalue weighted by Crippen LogP contribution is 2.37. The number of nitrogens with one attached hydrogen (secondary N) is 2. The summed E-state index contributed by atoms with van der Waals surface area (Å²) in [6.07, 6.45) is -4.53. The molecule has 0 aliphatic rings. The van der Waals surface area contributed by atoms with E-state index in [1.54, 1.807) is 24.3 Å². The van der Waals surface area contributed by atoms with Crippen LogP contribution in [0.5, 0.6) is 5.75 Å². The van der Waals surface area contributed by atoms with E-state index in [9.17, 15) is 18.0 Å². The number of hydrogen-bond donors (Lipinski definition) is 2. The van der Waals surface area contributed by atoms with Crippen molar-refractivity contribution in [2.75, 3.05) is 17.7 Å². The third-order valence-corrected chi connectivity index (χ3v) is 3.80. The minimum absolute atomic E-state index is 0.0132. The SMILES string of the molecule is COc1ccc(NC(C)=O)cc1Nc1cc(C(F)(F)F)c2ccccc2n1. The average Bonchev–Trinajstić information content (AvgIpc) is 2.60. The van der Waals surface area contributed by atoms with Gasteiger partial charge in [-0.15, -0.1) is 0 Å². The molecule has 3 rings (SSSR count). The van der Waals surface area contributed by atoms with Gasteiger partial charge in [0.2, 0.25) is 5.91 Å². The number of alkyl halides is 3. The highest BCUT2D eigenvalue weighted by Gasteiger charge is 2.33. The van der Waals surface area contributed by atoms with Crippen LogP contribution in [-0.2, 0) is 11.0 Å². The van der Waals surface area contributed by atoms with Crippen LogP contribution >= 0.6 is 0 Å². The highest BCUT2D eigenvalue weighted by atomic mass is 19.4. The van der Waals surface area contributed by atoms with Gasteiger partial charge in [0.25, 0.3) is 0 Å². The van der Waals surface area contributed by atoms with Crippen LogP contribution in [0.2, 0.25) is 0 Å². The van der Waals surface area contributed by atoms with E-state index in [1.165, 1.54) is 32.2 Å². The molecule has 2 aromatic carbocycles. The molecule has 8 heteroatoms. The lowest BCUT2D eigenvalue weighted by Crippen LogP contribution is -2.09. The van der Waals surface area contributed by atoms with Crippen LogP contribution in [-0.4, -0.2) is 18.0 Å². The normalized spacial score (nSPS) is 11.3. The third-order valence-electron chi connectivity index (χ3n) is 3.80. The van der Waals surface area contributed by atoms with Crippen LogP contribution in [0.3, 0.4) is 0 Å². The molecule has 0 saturated heterocycles. The topological polar surface area (TPSA) is 63.2 Å². The van der Waals surface area contributed by atoms with Gasteiger partial charge in [-0.25, -0.2) is 4.98 Å². The van der Waals surface area contributed by atoms with Gasteiger partial charge in [-0.1, -0.05) is 18.2 Å². The van der Waals surface area contributed by atoms with Gasteiger partial charge in [-0.05, 0) is 30.3 Å². The molecular weight excluding hydrogens is 359 g/mol. The zero-order valence-corrected chi connectivity index (χ0v) is 14.5. The lowest BCUT2D eigenvalue weighted by molar-refractivity contribution is -0.136. The number of ether oxygens (including phenoxy) is 1. The Morgan fingerprint density at radius 3 is 2.52 bits per heavy atom. The van der Waals surface area contributed by atoms with Gasteiger partial charge in [0.05, 0.1) is 23.9 Å². The predicted octanol–water partition coefficient (Wildman–Crippen LogP) is 4.96. The first-order chi connectivity index (χ1) is 12.8. The van der Waals surface area contributed by atoms with E-state index in [1.807, 2.05) is 0 Å². The number of amides is 1. The molecule has 0 aliphatic carbocycles. The lowest BCUT2D eigenvalue weighted by atomic mass is 10.1. The first-order valence-corrected chi connectivity index (χ1v) is 7.97. The van der Waals surface area contributed by atoms with E-state index in [-0.39, 0.29) is 22.6 Å². The number of carbonyl (C=O) groups excluding carboxylic acids is 1. The molecule has 27 heavy (non-hydrogen) atoms. The van der Waals surface area contributed by atoms with Crippen molar-refractivity contribution in [1.82, 2.24) is 4.98 Å². The molecule has 0 fully saturated rings. The van der Waals surface area contributed by atoms with Crippen molar-refractivity contribution in [2.24, 2.45) is 0 Å². The Balaban J connectivity index is 2.08. The summed E-state index contributed by atoms with van der Waals surface area (Å²) in [5, 5.41) is 5.49. The molecule has 0 unspecified atom stereocenters. The van der Waals surface area contributed by atoms with Crippen molar-refractivity contribution in [3.63, 3.8) is 0 Å². The zero-order valence-electron chi connectivity index (χ0n) is 14.5. The number of nitrogens with zero attached hydrogens (tertiary/aromatic N) is 1. The Hall–Kier alpha value is -3.29. The zero-order chi connectivity index (χ0) is 19.6. The van der Waals surface area contributed by atoms with Gasteiger partial charge in [0.1, 0.15) is 11.6 Å². The largest absolute Gasteiger partial charge is 0.495 e. The van der Waals surface area contributed by atoms with Gasteiger partial charge >= 0.3 is 6.18 Å². The summed E-state index contributed by atoms with van der Waals surface area (Å²) in [6, 6.07) is 11.8. The minimum atomic E-state index is -4.53. The second kappa shape index (κ2) is 7.14. The fraction of sp³-hybridized carbons (Fsp3) is 0.158. The number of pyridine rings is 1. The standard InChI is InChI=1S/C19H16F3N3O2/c1-11(26)23-12-7-8-17(27-2)16(9-12)25-18-10-14(19(20,21)22)13-5-3-4-6-15(13)24-18/h3-10H,1-2H3,(H,23,26)(H,24,25). The van der Waals surface area contributed by atoms with E-state index in [4.69, 9.17) is 4.74 Å². The van der Waals surface area contributed by atoms with Crippen LogP contribution in [0.15, 0.2) is 48.5 Å². The summed E-state index contributed by atoms with van der Waals surface area (Å²) in [4.78, 5) is 15.5. The maximum atomic E-state index is 13.5. The maximum absolute atomic E-state index is 13.5. The van der Waals surface area contributed by atoms with Crippen LogP contribution in [0.25, 0.3) is 10.9 Å². The van der Waals surface area contributed by atoms with Gasteiger partial charge in [-0.3, -0.25) is 4.79 Å². The number of rotatable bonds is 4. The second-order valence-electron chi connectivity index (χ2n) is 5.79. The number of carbonyl (C=O) groups is 1. The number of hydrogen-bond acceptors (Lipinski definition) is 4. The van der Waals surface area contributed by atoms with Crippen molar-refractivity contribution in [3.8, 4) is 5.75 Å². The molecule has 140 valence electrons. The van der Waals surface area contributed by atoms with Gasteiger partial charge < -0.3 is 15.4 Å². The Bertz CT molecular complexity index is 1000. The molecule has 0 radical (unpaired) electrons. The average molecular weight is 375 g/mol. The van der Waals surface area contributed by atoms with Crippen molar-refractivity contribution in [1.29, 1.82) is 0 Å². The van der Waals surface area contributed by atoms with Crippen LogP contribution < -0.4 is 15.4 Å². The Morgan fingerprint density at radius 1 is 1.11 bits per heavy atom. The summed E-state index contributed by atoms with van der Waals surface area (Å²) in [5.74, 6) is 0.140. The summed E-state index contributed by atoms with van der Waals surface area (Å²) < 4.78 is 45.6. The minimum Gasteiger partial charge on any atom is -0.495 e. The number of para-hydroxylation sites is 1. The molecule has 1 heterocycles. The summed E-state index contributed by atoms with van der Waals surface area (Å²) in [7, 11) is 1.44. The van der Waals surface area contributed by atoms with E-state index >= 15 is 0 Å². The fourth-order valence-corrected chi connectivity index (χ4v) is 2.70. The van der Waals surface area contributed by atoms with E-state index < -0.39 is 11.7 Å².